The first-order valence-electron chi connectivity index (χ1n) is 7.59. The van der Waals surface area contributed by atoms with Crippen molar-refractivity contribution in [2.75, 3.05) is 11.9 Å². The van der Waals surface area contributed by atoms with Crippen LogP contribution in [0.2, 0.25) is 0 Å². The maximum Gasteiger partial charge on any atom is 0.229 e. The van der Waals surface area contributed by atoms with E-state index in [-0.39, 0.29) is 23.8 Å². The Labute approximate surface area is 126 Å². The lowest BCUT2D eigenvalue weighted by molar-refractivity contribution is -0.129. The number of carbonyl (C=O) groups excluding carboxylic acids is 2. The van der Waals surface area contributed by atoms with Crippen molar-refractivity contribution in [1.82, 2.24) is 4.90 Å². The standard InChI is InChI=1S/C17H24N2O2/c1-11(2)14-7-5-6-8-15(14)18-17(21)13-9-16(20)19(10-13)12(3)4/h5-8,11-13H,9-10H2,1-4H3,(H,18,21)/t13-/m1/s1. The molecule has 1 aromatic carbocycles. The number of hydrogen-bond donors (Lipinski definition) is 1. The molecule has 0 bridgehead atoms. The largest absolute Gasteiger partial charge is 0.339 e. The molecule has 21 heavy (non-hydrogen) atoms. The van der Waals surface area contributed by atoms with E-state index < -0.39 is 0 Å². The fourth-order valence-electron chi connectivity index (χ4n) is 2.76. The van der Waals surface area contributed by atoms with Gasteiger partial charge < -0.3 is 10.2 Å². The minimum Gasteiger partial charge on any atom is -0.339 e. The Morgan fingerprint density at radius 1 is 1.24 bits per heavy atom. The number of likely N-dealkylation sites (tertiary alicyclic amines) is 1. The van der Waals surface area contributed by atoms with Crippen LogP contribution in [0.4, 0.5) is 5.69 Å². The van der Waals surface area contributed by atoms with E-state index in [1.165, 1.54) is 0 Å². The zero-order chi connectivity index (χ0) is 15.6. The topological polar surface area (TPSA) is 49.4 Å². The number of anilines is 1. The number of amides is 2. The van der Waals surface area contributed by atoms with Gasteiger partial charge in [0.25, 0.3) is 0 Å². The third kappa shape index (κ3) is 3.43. The summed E-state index contributed by atoms with van der Waals surface area (Å²) in [5.74, 6) is 0.112. The quantitative estimate of drug-likeness (QED) is 0.926. The second-order valence-electron chi connectivity index (χ2n) is 6.27. The Balaban J connectivity index is 2.08. The van der Waals surface area contributed by atoms with Crippen molar-refractivity contribution in [2.24, 2.45) is 5.92 Å². The van der Waals surface area contributed by atoms with E-state index >= 15 is 0 Å². The first-order valence-corrected chi connectivity index (χ1v) is 7.59. The summed E-state index contributed by atoms with van der Waals surface area (Å²) in [5, 5.41) is 3.00. The van der Waals surface area contributed by atoms with E-state index in [1.807, 2.05) is 38.1 Å². The van der Waals surface area contributed by atoms with Gasteiger partial charge >= 0.3 is 0 Å². The zero-order valence-electron chi connectivity index (χ0n) is 13.2. The Bertz CT molecular complexity index is 537. The van der Waals surface area contributed by atoms with Gasteiger partial charge in [-0.1, -0.05) is 32.0 Å². The molecule has 1 aliphatic heterocycles. The van der Waals surface area contributed by atoms with Crippen LogP contribution in [0.15, 0.2) is 24.3 Å². The number of para-hydroxylation sites is 1. The molecule has 114 valence electrons. The number of nitrogens with zero attached hydrogens (tertiary/aromatic N) is 1. The summed E-state index contributed by atoms with van der Waals surface area (Å²) < 4.78 is 0. The van der Waals surface area contributed by atoms with Gasteiger partial charge in [-0.2, -0.15) is 0 Å². The third-order valence-corrected chi connectivity index (χ3v) is 3.99. The van der Waals surface area contributed by atoms with Crippen LogP contribution in [0.3, 0.4) is 0 Å². The molecule has 2 rings (SSSR count). The first-order chi connectivity index (χ1) is 9.90. The molecular weight excluding hydrogens is 264 g/mol. The van der Waals surface area contributed by atoms with Crippen LogP contribution in [0.1, 0.15) is 45.6 Å². The van der Waals surface area contributed by atoms with Gasteiger partial charge in [0, 0.05) is 24.7 Å². The first kappa shape index (κ1) is 15.5. The number of hydrogen-bond acceptors (Lipinski definition) is 2. The maximum atomic E-state index is 12.4. The number of nitrogens with one attached hydrogen (secondary N) is 1. The van der Waals surface area contributed by atoms with Crippen molar-refractivity contribution in [3.63, 3.8) is 0 Å². The Kier molecular flexibility index (Phi) is 4.66. The summed E-state index contributed by atoms with van der Waals surface area (Å²) in [6.45, 7) is 8.68. The normalized spacial score (nSPS) is 18.7. The Morgan fingerprint density at radius 2 is 1.90 bits per heavy atom. The van der Waals surface area contributed by atoms with E-state index in [0.29, 0.717) is 18.9 Å². The summed E-state index contributed by atoms with van der Waals surface area (Å²) in [5.41, 5.74) is 1.98. The van der Waals surface area contributed by atoms with Crippen LogP contribution in [-0.4, -0.2) is 29.3 Å². The van der Waals surface area contributed by atoms with Gasteiger partial charge in [-0.25, -0.2) is 0 Å². The molecule has 1 saturated heterocycles. The smallest absolute Gasteiger partial charge is 0.229 e. The molecule has 0 saturated carbocycles. The molecule has 1 aliphatic rings. The number of rotatable bonds is 4. The molecule has 0 radical (unpaired) electrons. The molecule has 2 amide bonds. The molecule has 4 nitrogen and oxygen atoms in total. The Morgan fingerprint density at radius 3 is 2.48 bits per heavy atom. The lowest BCUT2D eigenvalue weighted by atomic mass is 10.0. The van der Waals surface area contributed by atoms with Gasteiger partial charge in [-0.05, 0) is 31.4 Å². The predicted molar refractivity (Wildman–Crippen MR) is 84.1 cm³/mol. The number of benzene rings is 1. The summed E-state index contributed by atoms with van der Waals surface area (Å²) >= 11 is 0. The average Bonchev–Trinajstić information content (AvgIpc) is 2.81. The summed E-state index contributed by atoms with van der Waals surface area (Å²) in [4.78, 5) is 26.1. The molecule has 0 spiro atoms. The molecule has 1 aromatic rings. The second kappa shape index (κ2) is 6.29. The second-order valence-corrected chi connectivity index (χ2v) is 6.27. The monoisotopic (exact) mass is 288 g/mol. The fourth-order valence-corrected chi connectivity index (χ4v) is 2.76. The zero-order valence-corrected chi connectivity index (χ0v) is 13.2. The summed E-state index contributed by atoms with van der Waals surface area (Å²) in [6.07, 6.45) is 0.313. The molecule has 0 aromatic heterocycles. The SMILES string of the molecule is CC(C)c1ccccc1NC(=O)[C@@H]1CC(=O)N(C(C)C)C1. The molecule has 1 fully saturated rings. The highest BCUT2D eigenvalue weighted by atomic mass is 16.2. The molecular formula is C17H24N2O2. The minimum atomic E-state index is -0.250. The van der Waals surface area contributed by atoms with Crippen molar-refractivity contribution in [2.45, 2.75) is 46.1 Å². The van der Waals surface area contributed by atoms with Gasteiger partial charge in [-0.3, -0.25) is 9.59 Å². The predicted octanol–water partition coefficient (Wildman–Crippen LogP) is 3.01. The van der Waals surface area contributed by atoms with Crippen LogP contribution < -0.4 is 5.32 Å². The van der Waals surface area contributed by atoms with E-state index in [1.54, 1.807) is 4.90 Å². The highest BCUT2D eigenvalue weighted by Gasteiger charge is 2.35. The van der Waals surface area contributed by atoms with E-state index in [9.17, 15) is 9.59 Å². The third-order valence-electron chi connectivity index (χ3n) is 3.99. The van der Waals surface area contributed by atoms with Crippen molar-refractivity contribution >= 4 is 17.5 Å². The lowest BCUT2D eigenvalue weighted by Crippen LogP contribution is -2.33. The van der Waals surface area contributed by atoms with Gasteiger partial charge in [0.15, 0.2) is 0 Å². The molecule has 4 heteroatoms. The number of carbonyl (C=O) groups is 2. The highest BCUT2D eigenvalue weighted by Crippen LogP contribution is 2.26. The van der Waals surface area contributed by atoms with Crippen molar-refractivity contribution in [3.05, 3.63) is 29.8 Å². The summed E-state index contributed by atoms with van der Waals surface area (Å²) in [7, 11) is 0. The maximum absolute atomic E-state index is 12.4. The van der Waals surface area contributed by atoms with Crippen LogP contribution in [0, 0.1) is 5.92 Å². The molecule has 0 unspecified atom stereocenters. The van der Waals surface area contributed by atoms with Gasteiger partial charge in [0.2, 0.25) is 11.8 Å². The average molecular weight is 288 g/mol. The molecule has 1 atom stereocenters. The Hall–Kier alpha value is -1.84. The minimum absolute atomic E-state index is 0.0559. The molecule has 1 N–H and O–H groups in total. The van der Waals surface area contributed by atoms with Crippen molar-refractivity contribution in [3.8, 4) is 0 Å². The van der Waals surface area contributed by atoms with E-state index in [0.717, 1.165) is 11.3 Å². The van der Waals surface area contributed by atoms with E-state index in [4.69, 9.17) is 0 Å². The highest BCUT2D eigenvalue weighted by molar-refractivity contribution is 5.97. The van der Waals surface area contributed by atoms with Crippen molar-refractivity contribution < 1.29 is 9.59 Å². The van der Waals surface area contributed by atoms with Crippen LogP contribution in [0.5, 0.6) is 0 Å². The van der Waals surface area contributed by atoms with Crippen LogP contribution >= 0.6 is 0 Å². The van der Waals surface area contributed by atoms with Gasteiger partial charge in [0.1, 0.15) is 0 Å². The molecule has 1 heterocycles. The van der Waals surface area contributed by atoms with Gasteiger partial charge in [-0.15, -0.1) is 0 Å². The van der Waals surface area contributed by atoms with Crippen LogP contribution in [0.25, 0.3) is 0 Å². The molecule has 0 aliphatic carbocycles. The summed E-state index contributed by atoms with van der Waals surface area (Å²) in [6, 6.07) is 8.00. The van der Waals surface area contributed by atoms with Crippen LogP contribution in [-0.2, 0) is 9.59 Å². The fraction of sp³-hybridized carbons (Fsp3) is 0.529. The van der Waals surface area contributed by atoms with Crippen molar-refractivity contribution in [1.29, 1.82) is 0 Å². The van der Waals surface area contributed by atoms with E-state index in [2.05, 4.69) is 19.2 Å². The van der Waals surface area contributed by atoms with Gasteiger partial charge in [0.05, 0.1) is 5.92 Å². The lowest BCUT2D eigenvalue weighted by Gasteiger charge is -2.21.